The van der Waals surface area contributed by atoms with Crippen molar-refractivity contribution in [3.63, 3.8) is 0 Å². The zero-order valence-corrected chi connectivity index (χ0v) is 16.1. The van der Waals surface area contributed by atoms with Gasteiger partial charge in [-0.2, -0.15) is 0 Å². The van der Waals surface area contributed by atoms with Crippen LogP contribution < -0.4 is 5.32 Å². The predicted octanol–water partition coefficient (Wildman–Crippen LogP) is 2.30. The van der Waals surface area contributed by atoms with Crippen LogP contribution in [0.25, 0.3) is 0 Å². The molecule has 2 fully saturated rings. The van der Waals surface area contributed by atoms with E-state index in [9.17, 15) is 9.59 Å². The van der Waals surface area contributed by atoms with E-state index in [0.717, 1.165) is 50.3 Å². The minimum Gasteiger partial charge on any atom is -0.372 e. The molecule has 1 N–H and O–H groups in total. The summed E-state index contributed by atoms with van der Waals surface area (Å²) in [4.78, 5) is 27.9. The monoisotopic (exact) mass is 379 g/mol. The van der Waals surface area contributed by atoms with Gasteiger partial charge in [-0.3, -0.25) is 14.5 Å². The summed E-state index contributed by atoms with van der Waals surface area (Å²) in [6.45, 7) is 7.39. The van der Waals surface area contributed by atoms with Gasteiger partial charge in [0, 0.05) is 43.8 Å². The molecule has 0 bridgehead atoms. The fourth-order valence-electron chi connectivity index (χ4n) is 3.72. The Kier molecular flexibility index (Phi) is 5.85. The van der Waals surface area contributed by atoms with E-state index in [4.69, 9.17) is 16.3 Å². The van der Waals surface area contributed by atoms with Gasteiger partial charge in [-0.05, 0) is 43.5 Å². The highest BCUT2D eigenvalue weighted by molar-refractivity contribution is 6.31. The lowest BCUT2D eigenvalue weighted by atomic mass is 9.89. The maximum absolute atomic E-state index is 12.4. The number of carbonyl (C=O) groups excluding carboxylic acids is 2. The lowest BCUT2D eigenvalue weighted by Crippen LogP contribution is -2.58. The van der Waals surface area contributed by atoms with Crippen LogP contribution in [0.5, 0.6) is 0 Å². The first-order valence-electron chi connectivity index (χ1n) is 9.05. The van der Waals surface area contributed by atoms with Crippen molar-refractivity contribution >= 4 is 29.1 Å². The molecule has 0 aromatic heterocycles. The van der Waals surface area contributed by atoms with Gasteiger partial charge in [0.25, 0.3) is 0 Å². The van der Waals surface area contributed by atoms with Crippen LogP contribution in [-0.4, -0.2) is 66.5 Å². The fraction of sp³-hybridized carbons (Fsp3) is 0.579. The van der Waals surface area contributed by atoms with Crippen LogP contribution in [0, 0.1) is 6.92 Å². The van der Waals surface area contributed by atoms with Gasteiger partial charge in [-0.15, -0.1) is 0 Å². The van der Waals surface area contributed by atoms with Gasteiger partial charge in [0.05, 0.1) is 18.8 Å². The molecule has 7 heteroatoms. The van der Waals surface area contributed by atoms with E-state index in [1.165, 1.54) is 0 Å². The number of nitrogens with one attached hydrogen (secondary N) is 1. The topological polar surface area (TPSA) is 61.9 Å². The highest BCUT2D eigenvalue weighted by Gasteiger charge is 2.40. The van der Waals surface area contributed by atoms with Crippen molar-refractivity contribution < 1.29 is 14.3 Å². The zero-order valence-electron chi connectivity index (χ0n) is 15.4. The average molecular weight is 380 g/mol. The first kappa shape index (κ1) is 19.1. The van der Waals surface area contributed by atoms with Gasteiger partial charge in [-0.1, -0.05) is 11.6 Å². The molecule has 0 atom stereocenters. The molecule has 3 rings (SSSR count). The number of hydrogen-bond acceptors (Lipinski definition) is 4. The summed E-state index contributed by atoms with van der Waals surface area (Å²) in [5.74, 6) is 0.0788. The van der Waals surface area contributed by atoms with Crippen molar-refractivity contribution in [1.29, 1.82) is 0 Å². The highest BCUT2D eigenvalue weighted by Crippen LogP contribution is 2.30. The van der Waals surface area contributed by atoms with Crippen molar-refractivity contribution in [1.82, 2.24) is 9.80 Å². The maximum atomic E-state index is 12.4. The first-order chi connectivity index (χ1) is 12.4. The lowest BCUT2D eigenvalue weighted by Gasteiger charge is -2.47. The Morgan fingerprint density at radius 2 is 2.00 bits per heavy atom. The molecular weight excluding hydrogens is 354 g/mol. The molecule has 1 spiro atoms. The number of benzene rings is 1. The highest BCUT2D eigenvalue weighted by atomic mass is 35.5. The van der Waals surface area contributed by atoms with Crippen LogP contribution in [-0.2, 0) is 14.3 Å². The third kappa shape index (κ3) is 4.55. The summed E-state index contributed by atoms with van der Waals surface area (Å²) in [5, 5.41) is 3.63. The predicted molar refractivity (Wildman–Crippen MR) is 101 cm³/mol. The van der Waals surface area contributed by atoms with Crippen molar-refractivity contribution in [3.8, 4) is 0 Å². The molecule has 0 aliphatic carbocycles. The van der Waals surface area contributed by atoms with E-state index in [-0.39, 0.29) is 17.4 Å². The summed E-state index contributed by atoms with van der Waals surface area (Å²) in [6.07, 6.45) is 1.64. The van der Waals surface area contributed by atoms with Crippen LogP contribution in [0.3, 0.4) is 0 Å². The van der Waals surface area contributed by atoms with E-state index in [0.29, 0.717) is 18.2 Å². The minimum absolute atomic E-state index is 0.0371. The molecule has 2 saturated heterocycles. The number of amides is 2. The molecule has 2 aliphatic rings. The number of ether oxygens (including phenoxy) is 1. The van der Waals surface area contributed by atoms with Gasteiger partial charge >= 0.3 is 0 Å². The van der Waals surface area contributed by atoms with Crippen molar-refractivity contribution in [2.75, 3.05) is 44.6 Å². The van der Waals surface area contributed by atoms with Crippen LogP contribution in [0.2, 0.25) is 5.02 Å². The number of likely N-dealkylation sites (tertiary alicyclic amines) is 1. The second-order valence-corrected chi connectivity index (χ2v) is 7.67. The molecule has 6 nitrogen and oxygen atoms in total. The maximum Gasteiger partial charge on any atom is 0.238 e. The summed E-state index contributed by atoms with van der Waals surface area (Å²) < 4.78 is 6.07. The molecule has 2 aliphatic heterocycles. The number of hydrogen-bond donors (Lipinski definition) is 1. The Morgan fingerprint density at radius 1 is 1.27 bits per heavy atom. The Morgan fingerprint density at radius 3 is 2.65 bits per heavy atom. The Bertz CT molecular complexity index is 687. The van der Waals surface area contributed by atoms with Crippen LogP contribution in [0.4, 0.5) is 5.69 Å². The van der Waals surface area contributed by atoms with Crippen molar-refractivity contribution in [3.05, 3.63) is 28.8 Å². The first-order valence-corrected chi connectivity index (χ1v) is 9.42. The van der Waals surface area contributed by atoms with E-state index in [1.807, 2.05) is 24.0 Å². The number of halogens is 1. The third-order valence-electron chi connectivity index (χ3n) is 5.26. The van der Waals surface area contributed by atoms with Crippen LogP contribution in [0.1, 0.15) is 25.3 Å². The standard InChI is InChI=1S/C19H26ClN3O3/c1-14-11-16(3-4-17(14)20)21-18(25)12-22-9-10-26-19(13-22)5-7-23(8-6-19)15(2)24/h3-4,11H,5-10,12-13H2,1-2H3,(H,21,25). The van der Waals surface area contributed by atoms with E-state index in [2.05, 4.69) is 10.2 Å². The van der Waals surface area contributed by atoms with Crippen LogP contribution in [0.15, 0.2) is 18.2 Å². The van der Waals surface area contributed by atoms with Gasteiger partial charge in [0.2, 0.25) is 11.8 Å². The smallest absolute Gasteiger partial charge is 0.238 e. The Hall–Kier alpha value is -1.63. The number of piperidine rings is 1. The number of anilines is 1. The molecule has 26 heavy (non-hydrogen) atoms. The lowest BCUT2D eigenvalue weighted by molar-refractivity contribution is -0.150. The number of nitrogens with zero attached hydrogens (tertiary/aromatic N) is 2. The fourth-order valence-corrected chi connectivity index (χ4v) is 3.83. The van der Waals surface area contributed by atoms with Gasteiger partial charge in [-0.25, -0.2) is 0 Å². The second kappa shape index (κ2) is 7.94. The molecule has 142 valence electrons. The quantitative estimate of drug-likeness (QED) is 0.875. The van der Waals surface area contributed by atoms with Crippen molar-refractivity contribution in [2.45, 2.75) is 32.3 Å². The van der Waals surface area contributed by atoms with Crippen LogP contribution >= 0.6 is 11.6 Å². The van der Waals surface area contributed by atoms with Gasteiger partial charge in [0.15, 0.2) is 0 Å². The number of carbonyl (C=O) groups is 2. The minimum atomic E-state index is -0.235. The molecule has 1 aromatic carbocycles. The molecule has 0 radical (unpaired) electrons. The number of aryl methyl sites for hydroxylation is 1. The van der Waals surface area contributed by atoms with E-state index in [1.54, 1.807) is 13.0 Å². The van der Waals surface area contributed by atoms with Gasteiger partial charge < -0.3 is 15.0 Å². The zero-order chi connectivity index (χ0) is 18.7. The van der Waals surface area contributed by atoms with Crippen molar-refractivity contribution in [2.24, 2.45) is 0 Å². The van der Waals surface area contributed by atoms with E-state index >= 15 is 0 Å². The number of rotatable bonds is 3. The SMILES string of the molecule is CC(=O)N1CCC2(CC1)CN(CC(=O)Nc1ccc(Cl)c(C)c1)CCO2. The summed E-state index contributed by atoms with van der Waals surface area (Å²) in [7, 11) is 0. The molecule has 0 unspecified atom stereocenters. The summed E-state index contributed by atoms with van der Waals surface area (Å²) in [6, 6.07) is 5.48. The summed E-state index contributed by atoms with van der Waals surface area (Å²) >= 11 is 6.03. The summed E-state index contributed by atoms with van der Waals surface area (Å²) in [5.41, 5.74) is 1.46. The Balaban J connectivity index is 1.54. The second-order valence-electron chi connectivity index (χ2n) is 7.26. The van der Waals surface area contributed by atoms with Gasteiger partial charge in [0.1, 0.15) is 0 Å². The third-order valence-corrected chi connectivity index (χ3v) is 5.68. The average Bonchev–Trinajstić information content (AvgIpc) is 2.58. The number of morpholine rings is 1. The molecule has 2 heterocycles. The Labute approximate surface area is 159 Å². The molecule has 2 amide bonds. The molecule has 1 aromatic rings. The molecular formula is C19H26ClN3O3. The normalized spacial score (nSPS) is 20.2. The largest absolute Gasteiger partial charge is 0.372 e. The molecule has 0 saturated carbocycles. The van der Waals surface area contributed by atoms with E-state index < -0.39 is 0 Å².